The van der Waals surface area contributed by atoms with Crippen molar-refractivity contribution in [2.24, 2.45) is 81.8 Å². The number of benzene rings is 2. The number of fused-ring (bicyclic) bond motifs is 12. The van der Waals surface area contributed by atoms with E-state index in [1.165, 1.54) is 64.2 Å². The van der Waals surface area contributed by atoms with Crippen molar-refractivity contribution in [3.05, 3.63) is 94.1 Å². The predicted octanol–water partition coefficient (Wildman–Crippen LogP) is 16.9. The van der Waals surface area contributed by atoms with E-state index in [-0.39, 0.29) is 92.5 Å². The highest BCUT2D eigenvalue weighted by atomic mass is 16.6. The Bertz CT molecular complexity index is 2860. The molecule has 8 aliphatic carbocycles. The molecule has 14 rings (SSSR count). The molecule has 2 aromatic carbocycles. The lowest BCUT2D eigenvalue weighted by atomic mass is 9.52. The lowest BCUT2D eigenvalue weighted by Crippen LogP contribution is -2.54. The van der Waals surface area contributed by atoms with Crippen LogP contribution in [0.2, 0.25) is 0 Å². The molecule has 480 valence electrons. The molecule has 4 saturated heterocycles. The van der Waals surface area contributed by atoms with Gasteiger partial charge in [-0.25, -0.2) is 9.59 Å². The minimum atomic E-state index is -0.211. The van der Waals surface area contributed by atoms with E-state index >= 15 is 0 Å². The van der Waals surface area contributed by atoms with E-state index in [2.05, 4.69) is 55.4 Å². The minimum absolute atomic E-state index is 0. The number of amides is 2. The van der Waals surface area contributed by atoms with Gasteiger partial charge in [-0.1, -0.05) is 139 Å². The molecule has 1 N–H and O–H groups in total. The molecule has 12 aliphatic rings. The first-order valence-corrected chi connectivity index (χ1v) is 34.3. The average Bonchev–Trinajstić information content (AvgIpc) is 1.62. The van der Waals surface area contributed by atoms with Crippen molar-refractivity contribution in [1.82, 2.24) is 9.80 Å². The van der Waals surface area contributed by atoms with Gasteiger partial charge in [-0.15, -0.1) is 0 Å². The van der Waals surface area contributed by atoms with Crippen LogP contribution in [0, 0.1) is 81.8 Å². The highest BCUT2D eigenvalue weighted by Gasteiger charge is 2.63. The number of rotatable bonds is 5. The molecule has 10 fully saturated rings. The number of aliphatic hydroxyl groups excluding tert-OH is 1. The number of aliphatic hydroxyl groups is 1. The van der Waals surface area contributed by atoms with E-state index in [0.717, 1.165) is 112 Å². The number of hydrogen-bond acceptors (Lipinski definition) is 9. The molecule has 6 saturated carbocycles. The van der Waals surface area contributed by atoms with Crippen molar-refractivity contribution in [1.29, 1.82) is 0 Å². The van der Waals surface area contributed by atoms with Gasteiger partial charge >= 0.3 is 18.2 Å². The number of likely N-dealkylation sites (tertiary alicyclic amines) is 2. The largest absolute Gasteiger partial charge is 0.463 e. The lowest BCUT2D eigenvalue weighted by molar-refractivity contribution is -0.154. The van der Waals surface area contributed by atoms with Crippen LogP contribution in [0.4, 0.5) is 9.59 Å². The first-order valence-electron chi connectivity index (χ1n) is 34.3. The van der Waals surface area contributed by atoms with Crippen LogP contribution in [0.25, 0.3) is 0 Å². The van der Waals surface area contributed by atoms with Crippen LogP contribution in [0.3, 0.4) is 0 Å². The van der Waals surface area contributed by atoms with Gasteiger partial charge in [0.1, 0.15) is 19.3 Å². The second-order valence-electron chi connectivity index (χ2n) is 31.3. The van der Waals surface area contributed by atoms with Crippen molar-refractivity contribution in [2.75, 3.05) is 13.1 Å². The van der Waals surface area contributed by atoms with Crippen LogP contribution in [0.15, 0.2) is 83.0 Å². The third kappa shape index (κ3) is 11.6. The maximum atomic E-state index is 13.6. The van der Waals surface area contributed by atoms with Crippen LogP contribution in [0.1, 0.15) is 217 Å². The molecule has 0 aromatic heterocycles. The molecule has 0 unspecified atom stereocenters. The van der Waals surface area contributed by atoms with Gasteiger partial charge in [-0.2, -0.15) is 0 Å². The first kappa shape index (κ1) is 64.3. The Morgan fingerprint density at radius 1 is 0.575 bits per heavy atom. The Balaban J connectivity index is 0.000000177. The van der Waals surface area contributed by atoms with Gasteiger partial charge in [0.15, 0.2) is 0 Å². The fraction of sp³-hybridized carbons (Fsp3) is 0.750. The highest BCUT2D eigenvalue weighted by molar-refractivity contribution is 5.69. The number of ether oxygens (including phenoxy) is 5. The number of carbonyl (C=O) groups excluding carboxylic acids is 3. The molecule has 22 atom stereocenters. The normalized spacial score (nSPS) is 43.2. The Kier molecular flexibility index (Phi) is 18.6. The summed E-state index contributed by atoms with van der Waals surface area (Å²) in [6, 6.07) is 20.1. The Labute approximate surface area is 524 Å². The van der Waals surface area contributed by atoms with Crippen LogP contribution >= 0.6 is 0 Å². The molecule has 2 aromatic rings. The summed E-state index contributed by atoms with van der Waals surface area (Å²) in [7, 11) is 0. The molecular weight excluding hydrogens is 1080 g/mol. The summed E-state index contributed by atoms with van der Waals surface area (Å²) in [5, 5.41) is 10.4. The van der Waals surface area contributed by atoms with Gasteiger partial charge in [0.2, 0.25) is 0 Å². The van der Waals surface area contributed by atoms with Gasteiger partial charge in [0, 0.05) is 31.8 Å². The number of nitrogens with zero attached hydrogens (tertiary/aromatic N) is 2. The van der Waals surface area contributed by atoms with Gasteiger partial charge < -0.3 is 38.6 Å². The summed E-state index contributed by atoms with van der Waals surface area (Å²) in [5.41, 5.74) is 9.01. The van der Waals surface area contributed by atoms with Crippen molar-refractivity contribution < 1.29 is 43.2 Å². The zero-order valence-corrected chi connectivity index (χ0v) is 53.2. The van der Waals surface area contributed by atoms with Crippen molar-refractivity contribution >= 4 is 18.2 Å². The van der Waals surface area contributed by atoms with E-state index < -0.39 is 0 Å². The number of carbonyl (C=O) groups is 3. The van der Waals surface area contributed by atoms with Crippen LogP contribution in [-0.4, -0.2) is 93.9 Å². The fourth-order valence-corrected chi connectivity index (χ4v) is 22.4. The Morgan fingerprint density at radius 3 is 1.46 bits per heavy atom. The van der Waals surface area contributed by atoms with E-state index in [9.17, 15) is 19.5 Å². The summed E-state index contributed by atoms with van der Waals surface area (Å²) in [5.74, 6) is 6.96. The van der Waals surface area contributed by atoms with Crippen LogP contribution < -0.4 is 0 Å². The number of piperidine rings is 2. The van der Waals surface area contributed by atoms with Gasteiger partial charge in [-0.3, -0.25) is 4.79 Å². The quantitative estimate of drug-likeness (QED) is 0.177. The molecule has 4 heterocycles. The van der Waals surface area contributed by atoms with E-state index in [1.54, 1.807) is 29.2 Å². The lowest BCUT2D eigenvalue weighted by Gasteiger charge is -2.54. The Hall–Kier alpha value is -4.19. The molecular formula is C76H112N2O9. The summed E-state index contributed by atoms with van der Waals surface area (Å²) < 4.78 is 31.8. The van der Waals surface area contributed by atoms with E-state index in [0.29, 0.717) is 59.6 Å². The highest BCUT2D eigenvalue weighted by Crippen LogP contribution is 2.68. The van der Waals surface area contributed by atoms with E-state index in [4.69, 9.17) is 23.7 Å². The molecule has 11 nitrogen and oxygen atoms in total. The van der Waals surface area contributed by atoms with E-state index in [1.807, 2.05) is 70.5 Å². The zero-order valence-electron chi connectivity index (χ0n) is 53.2. The summed E-state index contributed by atoms with van der Waals surface area (Å²) in [6.45, 7) is 22.8. The molecule has 0 radical (unpaired) electrons. The van der Waals surface area contributed by atoms with Crippen LogP contribution in [-0.2, 0) is 41.7 Å². The zero-order chi connectivity index (χ0) is 59.3. The molecule has 4 aliphatic heterocycles. The van der Waals surface area contributed by atoms with Gasteiger partial charge in [-0.05, 0) is 223 Å². The smallest absolute Gasteiger partial charge is 0.410 e. The SMILES string of the molecule is C.C.CC(=O)O[C@@H]1CC[C@@]2(C)[C@H](CC[C@H]3[C@@H]4CC[C@@]5(CC(C)=C4C[C@@H]32)O[C@@H]2C[C@H](C)CN(C(=O)OCc3ccccc3)[C@H]2[C@H]5C)C1.CC1=C2C[C@H]3[C@@H](CC[C@@H]4C[C@H](O)CC[C@@]43C)[C@@H]2CC[C@@]2(C1)O[C@@H]1C[C@H](C)CN(C(=O)OCc3ccccc3)[C@H]1[C@H]2C. The Morgan fingerprint density at radius 2 is 1.01 bits per heavy atom. The molecule has 2 amide bonds. The molecule has 11 heteroatoms. The average molecular weight is 1200 g/mol. The second-order valence-corrected chi connectivity index (χ2v) is 31.3. The molecule has 87 heavy (non-hydrogen) atoms. The van der Waals surface area contributed by atoms with Crippen molar-refractivity contribution in [3.8, 4) is 0 Å². The van der Waals surface area contributed by atoms with Crippen LogP contribution in [0.5, 0.6) is 0 Å². The predicted molar refractivity (Wildman–Crippen MR) is 343 cm³/mol. The monoisotopic (exact) mass is 1200 g/mol. The number of esters is 1. The van der Waals surface area contributed by atoms with Crippen molar-refractivity contribution in [3.63, 3.8) is 0 Å². The maximum absolute atomic E-state index is 13.6. The number of hydrogen-bond donors (Lipinski definition) is 1. The third-order valence-corrected chi connectivity index (χ3v) is 26.6. The molecule has 2 spiro atoms. The van der Waals surface area contributed by atoms with Gasteiger partial charge in [0.05, 0.1) is 41.6 Å². The fourth-order valence-electron chi connectivity index (χ4n) is 22.4. The summed E-state index contributed by atoms with van der Waals surface area (Å²) in [6.07, 6.45) is 22.5. The molecule has 0 bridgehead atoms. The first-order chi connectivity index (χ1) is 40.8. The topological polar surface area (TPSA) is 124 Å². The third-order valence-electron chi connectivity index (χ3n) is 26.6. The standard InChI is InChI=1S/C38H53NO5.C36H51NO4.2CH4/c1-23-17-34-35(39(21-23)36(41)42-22-27-9-7-6-8-10-27)25(3)38(44-34)16-14-30-31-12-11-28-18-29(43-26(4)40)13-15-37(28,5)33(31)19-32(30)24(2)20-38;1-22-16-32-33(37(20-22)34(39)40-21-25-8-6-5-7-9-25)24(3)36(41-32)15-13-28-29-11-10-26-17-27(38)12-14-35(26,4)31(29)18-30(28)23(2)19-36;;/h6-10,23,25,28-31,33-35H,11-22H2,1-5H3;5-9,22,24,26-29,31-33,38H,10-21H2,1-4H3;2*1H4/t23-,25+,28+,29+,30-,31-,33-,34+,35-,37-,38-;22-,24+,26+,27+,28-,29-,31-,32+,33-,35-,36-;;/m00../s1. The minimum Gasteiger partial charge on any atom is -0.463 e. The summed E-state index contributed by atoms with van der Waals surface area (Å²) >= 11 is 0. The second kappa shape index (κ2) is 25.1. The van der Waals surface area contributed by atoms with Gasteiger partial charge in [0.25, 0.3) is 0 Å². The maximum Gasteiger partial charge on any atom is 0.410 e. The summed E-state index contributed by atoms with van der Waals surface area (Å²) in [4.78, 5) is 42.8. The number of allylic oxidation sites excluding steroid dienone is 2. The van der Waals surface area contributed by atoms with Crippen molar-refractivity contribution in [2.45, 2.75) is 266 Å².